The molecule has 2 unspecified atom stereocenters. The van der Waals surface area contributed by atoms with E-state index >= 15 is 0 Å². The van der Waals surface area contributed by atoms with Crippen molar-refractivity contribution in [3.8, 4) is 5.75 Å². The molecule has 13 nitrogen and oxygen atoms in total. The Labute approximate surface area is 209 Å². The van der Waals surface area contributed by atoms with E-state index in [-0.39, 0.29) is 5.75 Å². The van der Waals surface area contributed by atoms with Gasteiger partial charge < -0.3 is 53.8 Å². The van der Waals surface area contributed by atoms with Crippen LogP contribution in [0.1, 0.15) is 6.42 Å². The van der Waals surface area contributed by atoms with Gasteiger partial charge in [0.2, 0.25) is 17.9 Å². The summed E-state index contributed by atoms with van der Waals surface area (Å²) in [6.07, 6.45) is -6.34. The highest BCUT2D eigenvalue weighted by molar-refractivity contribution is 6.60. The van der Waals surface area contributed by atoms with Crippen LogP contribution in [0, 0.1) is 0 Å². The molecule has 0 spiro atoms. The van der Waals surface area contributed by atoms with Gasteiger partial charge in [0.05, 0.1) is 6.61 Å². The summed E-state index contributed by atoms with van der Waals surface area (Å²) in [5.41, 5.74) is 0.554. The van der Waals surface area contributed by atoms with Gasteiger partial charge in [0.25, 0.3) is 0 Å². The Morgan fingerprint density at radius 2 is 1.53 bits per heavy atom. The summed E-state index contributed by atoms with van der Waals surface area (Å²) < 4.78 is 27.0. The van der Waals surface area contributed by atoms with E-state index in [4.69, 9.17) is 22.8 Å². The Balaban J connectivity index is 1.52. The lowest BCUT2D eigenvalue weighted by atomic mass is 9.82. The fourth-order valence-electron chi connectivity index (χ4n) is 4.10. The lowest BCUT2D eigenvalue weighted by Crippen LogP contribution is -2.67. The summed E-state index contributed by atoms with van der Waals surface area (Å²) in [6, 6.07) is 5.45. The van der Waals surface area contributed by atoms with Gasteiger partial charge in [0.15, 0.2) is 0 Å². The number of Topliss-reactive ketones (excluding diaryl/α,β-unsaturated/α-hetero) is 2. The number of ketones is 2. The fourth-order valence-corrected chi connectivity index (χ4v) is 5.82. The zero-order chi connectivity index (χ0) is 26.5. The van der Waals surface area contributed by atoms with E-state index in [9.17, 15) is 30.0 Å². The molecule has 0 aromatic heterocycles. The Hall–Kier alpha value is -1.98. The maximum absolute atomic E-state index is 12.2. The van der Waals surface area contributed by atoms with E-state index < -0.39 is 69.8 Å². The number of nitrogens with one attached hydrogen (secondary N) is 2. The molecule has 0 radical (unpaired) electrons. The molecule has 0 bridgehead atoms. The van der Waals surface area contributed by atoms with Gasteiger partial charge in [-0.2, -0.15) is 0 Å². The number of rotatable bonds is 13. The molecule has 1 aromatic carbocycles. The molecule has 1 aliphatic carbocycles. The Bertz CT molecular complexity index is 875. The highest BCUT2D eigenvalue weighted by Gasteiger charge is 2.49. The quantitative estimate of drug-likeness (QED) is 0.0937. The van der Waals surface area contributed by atoms with Gasteiger partial charge in [-0.3, -0.25) is 9.59 Å². The lowest BCUT2D eigenvalue weighted by Gasteiger charge is -2.39. The maximum atomic E-state index is 12.2. The van der Waals surface area contributed by atoms with Crippen molar-refractivity contribution >= 4 is 26.1 Å². The third-order valence-electron chi connectivity index (χ3n) is 6.38. The zero-order valence-electron chi connectivity index (χ0n) is 20.3. The molecule has 1 aromatic rings. The van der Waals surface area contributed by atoms with Gasteiger partial charge >= 0.3 is 8.80 Å². The van der Waals surface area contributed by atoms with Crippen molar-refractivity contribution in [1.29, 1.82) is 0 Å². The van der Waals surface area contributed by atoms with Crippen LogP contribution in [0.4, 0.5) is 5.69 Å². The topological polar surface area (TPSA) is 185 Å². The highest BCUT2D eigenvalue weighted by atomic mass is 28.4. The fraction of sp³-hybridized carbons (Fsp3) is 0.636. The first kappa shape index (κ1) is 28.6. The van der Waals surface area contributed by atoms with Crippen molar-refractivity contribution in [3.05, 3.63) is 24.3 Å². The van der Waals surface area contributed by atoms with Crippen molar-refractivity contribution in [2.24, 2.45) is 0 Å². The summed E-state index contributed by atoms with van der Waals surface area (Å²) in [7, 11) is 1.87. The van der Waals surface area contributed by atoms with E-state index in [1.54, 1.807) is 24.3 Å². The second-order valence-corrected chi connectivity index (χ2v) is 11.6. The summed E-state index contributed by atoms with van der Waals surface area (Å²) in [6.45, 7) is -0.108. The lowest BCUT2D eigenvalue weighted by molar-refractivity contribution is -0.277. The van der Waals surface area contributed by atoms with Crippen molar-refractivity contribution in [2.75, 3.05) is 39.8 Å². The van der Waals surface area contributed by atoms with Crippen LogP contribution in [0.25, 0.3) is 0 Å². The first-order chi connectivity index (χ1) is 17.2. The number of ether oxygens (including phenoxy) is 2. The summed E-state index contributed by atoms with van der Waals surface area (Å²) >= 11 is 0. The first-order valence-electron chi connectivity index (χ1n) is 11.5. The van der Waals surface area contributed by atoms with Gasteiger partial charge in [0, 0.05) is 33.1 Å². The van der Waals surface area contributed by atoms with Gasteiger partial charge in [-0.05, 0) is 37.2 Å². The monoisotopic (exact) mass is 530 g/mol. The molecule has 0 amide bonds. The number of anilines is 1. The molecule has 6 N–H and O–H groups in total. The van der Waals surface area contributed by atoms with Crippen LogP contribution in [0.3, 0.4) is 0 Å². The molecule has 202 valence electrons. The van der Waals surface area contributed by atoms with Crippen LogP contribution >= 0.6 is 0 Å². The van der Waals surface area contributed by atoms with Gasteiger partial charge in [-0.15, -0.1) is 0 Å². The Kier molecular flexibility index (Phi) is 9.93. The third-order valence-corrected chi connectivity index (χ3v) is 9.21. The predicted molar refractivity (Wildman–Crippen MR) is 126 cm³/mol. The van der Waals surface area contributed by atoms with Gasteiger partial charge in [0.1, 0.15) is 42.2 Å². The second kappa shape index (κ2) is 12.5. The minimum Gasteiger partial charge on any atom is -0.462 e. The van der Waals surface area contributed by atoms with E-state index in [0.717, 1.165) is 0 Å². The molecule has 7 atom stereocenters. The van der Waals surface area contributed by atoms with Crippen molar-refractivity contribution < 1.29 is 52.8 Å². The van der Waals surface area contributed by atoms with Crippen LogP contribution in [0.2, 0.25) is 6.04 Å². The van der Waals surface area contributed by atoms with Crippen LogP contribution in [-0.2, 0) is 27.6 Å². The van der Waals surface area contributed by atoms with E-state index in [0.29, 0.717) is 24.7 Å². The first-order valence-corrected chi connectivity index (χ1v) is 13.4. The summed E-state index contributed by atoms with van der Waals surface area (Å²) in [5.74, 6) is -0.745. The average Bonchev–Trinajstić information content (AvgIpc) is 2.91. The SMILES string of the molecule is CO[Si](CCCNC1C(=O)C(=O)C1Nc1ccc(O[C@H]2O[C@H](CO)[C@@H](O)[C@H](O)[C@@H]2O)cc1)(OC)OC. The van der Waals surface area contributed by atoms with Gasteiger partial charge in [-0.1, -0.05) is 0 Å². The molecule has 1 heterocycles. The number of hydrogen-bond acceptors (Lipinski definition) is 13. The second-order valence-electron chi connectivity index (χ2n) is 8.52. The zero-order valence-corrected chi connectivity index (χ0v) is 21.3. The normalized spacial score (nSPS) is 30.7. The number of hydrogen-bond donors (Lipinski definition) is 6. The van der Waals surface area contributed by atoms with Crippen LogP contribution in [-0.4, -0.2) is 118 Å². The van der Waals surface area contributed by atoms with Crippen LogP contribution in [0.15, 0.2) is 24.3 Å². The van der Waals surface area contributed by atoms with Crippen LogP contribution < -0.4 is 15.4 Å². The van der Waals surface area contributed by atoms with E-state index in [1.807, 2.05) is 0 Å². The highest BCUT2D eigenvalue weighted by Crippen LogP contribution is 2.26. The molecule has 14 heteroatoms. The van der Waals surface area contributed by atoms with Crippen molar-refractivity contribution in [1.82, 2.24) is 5.32 Å². The average molecular weight is 531 g/mol. The predicted octanol–water partition coefficient (Wildman–Crippen LogP) is -1.98. The number of benzene rings is 1. The van der Waals surface area contributed by atoms with Crippen molar-refractivity contribution in [2.45, 2.75) is 55.3 Å². The number of aliphatic hydroxyl groups excluding tert-OH is 4. The molecule has 1 aliphatic heterocycles. The maximum Gasteiger partial charge on any atom is 0.500 e. The number of carbonyl (C=O) groups excluding carboxylic acids is 2. The number of carbonyl (C=O) groups is 2. The van der Waals surface area contributed by atoms with E-state index in [1.165, 1.54) is 21.3 Å². The molecule has 1 saturated carbocycles. The minimum absolute atomic E-state index is 0.276. The van der Waals surface area contributed by atoms with Gasteiger partial charge in [-0.25, -0.2) is 0 Å². The summed E-state index contributed by atoms with van der Waals surface area (Å²) in [4.78, 5) is 24.2. The van der Waals surface area contributed by atoms with E-state index in [2.05, 4.69) is 10.6 Å². The minimum atomic E-state index is -2.71. The molecule has 2 fully saturated rings. The standard InChI is InChI=1S/C22H34N2O11Si/c1-31-36(32-2,33-3)10-4-9-23-15-16(19(28)18(15)27)24-12-5-7-13(8-6-12)34-22-21(30)20(29)17(26)14(11-25)35-22/h5-8,14-17,20-26,29-30H,4,9-11H2,1-3H3/t14-,15?,16?,17-,20+,21+,22+/m1/s1. The molecule has 3 rings (SSSR count). The largest absolute Gasteiger partial charge is 0.500 e. The Morgan fingerprint density at radius 3 is 2.11 bits per heavy atom. The smallest absolute Gasteiger partial charge is 0.462 e. The third kappa shape index (κ3) is 6.11. The summed E-state index contributed by atoms with van der Waals surface area (Å²) in [5, 5.41) is 45.3. The van der Waals surface area contributed by atoms with Crippen molar-refractivity contribution in [3.63, 3.8) is 0 Å². The van der Waals surface area contributed by atoms with Crippen LogP contribution in [0.5, 0.6) is 5.75 Å². The molecular weight excluding hydrogens is 496 g/mol. The number of aliphatic hydroxyl groups is 4. The molecule has 2 aliphatic rings. The molecule has 36 heavy (non-hydrogen) atoms. The molecular formula is C22H34N2O11Si. The molecule has 1 saturated heterocycles. The Morgan fingerprint density at radius 1 is 0.917 bits per heavy atom.